The molecule has 0 radical (unpaired) electrons. The summed E-state index contributed by atoms with van der Waals surface area (Å²) in [6.07, 6.45) is 2.68. The zero-order chi connectivity index (χ0) is 14.1. The molecule has 7 nitrogen and oxygen atoms in total. The highest BCUT2D eigenvalue weighted by Gasteiger charge is 2.87. The molecule has 4 aliphatic rings. The Labute approximate surface area is 115 Å². The van der Waals surface area contributed by atoms with Crippen LogP contribution >= 0.6 is 0 Å². The molecule has 0 aromatic rings. The minimum Gasteiger partial charge on any atom is -0.449 e. The summed E-state index contributed by atoms with van der Waals surface area (Å²) in [5.74, 6) is 5.86. The molecule has 4 aliphatic carbocycles. The molecule has 4 fully saturated rings. The SMILES string of the molecule is NOC(=O)COC1C2CC3(COC(N)=O)CC4(CC14)C23. The monoisotopic (exact) mass is 282 g/mol. The van der Waals surface area contributed by atoms with Crippen LogP contribution in [0.2, 0.25) is 0 Å². The van der Waals surface area contributed by atoms with E-state index in [1.165, 1.54) is 0 Å². The van der Waals surface area contributed by atoms with Crippen molar-refractivity contribution in [1.82, 2.24) is 0 Å². The van der Waals surface area contributed by atoms with Gasteiger partial charge in [-0.25, -0.2) is 9.59 Å². The molecule has 1 amide bonds. The predicted molar refractivity (Wildman–Crippen MR) is 64.7 cm³/mol. The maximum atomic E-state index is 11.1. The van der Waals surface area contributed by atoms with E-state index in [0.29, 0.717) is 29.8 Å². The van der Waals surface area contributed by atoms with Crippen molar-refractivity contribution in [3.05, 3.63) is 0 Å². The Balaban J connectivity index is 1.40. The van der Waals surface area contributed by atoms with Crippen molar-refractivity contribution in [3.63, 3.8) is 0 Å². The molecular weight excluding hydrogens is 264 g/mol. The van der Waals surface area contributed by atoms with E-state index in [0.717, 1.165) is 19.3 Å². The van der Waals surface area contributed by atoms with Crippen LogP contribution < -0.4 is 11.6 Å². The highest BCUT2D eigenvalue weighted by atomic mass is 16.7. The molecule has 0 aromatic carbocycles. The van der Waals surface area contributed by atoms with Crippen LogP contribution in [0.3, 0.4) is 0 Å². The maximum Gasteiger partial charge on any atom is 0.404 e. The van der Waals surface area contributed by atoms with E-state index in [2.05, 4.69) is 4.84 Å². The molecule has 0 heterocycles. The molecule has 0 aromatic heterocycles. The average Bonchev–Trinajstić information content (AvgIpc) is 3.06. The summed E-state index contributed by atoms with van der Waals surface area (Å²) in [7, 11) is 0. The Bertz CT molecular complexity index is 497. The predicted octanol–water partition coefficient (Wildman–Crippen LogP) is -0.0701. The molecule has 110 valence electrons. The number of ether oxygens (including phenoxy) is 2. The number of nitrogens with two attached hydrogens (primary N) is 2. The molecule has 4 saturated carbocycles. The van der Waals surface area contributed by atoms with Crippen LogP contribution in [0.5, 0.6) is 0 Å². The zero-order valence-electron chi connectivity index (χ0n) is 11.0. The number of carbonyl (C=O) groups is 2. The van der Waals surface area contributed by atoms with Gasteiger partial charge in [0.15, 0.2) is 0 Å². The molecule has 7 heteroatoms. The molecule has 6 unspecified atom stereocenters. The van der Waals surface area contributed by atoms with Crippen LogP contribution in [-0.4, -0.2) is 31.4 Å². The van der Waals surface area contributed by atoms with Gasteiger partial charge in [0.1, 0.15) is 6.61 Å². The van der Waals surface area contributed by atoms with Gasteiger partial charge in [0, 0.05) is 5.41 Å². The first-order chi connectivity index (χ1) is 9.52. The van der Waals surface area contributed by atoms with E-state index in [1.54, 1.807) is 0 Å². The molecule has 1 spiro atoms. The maximum absolute atomic E-state index is 11.1. The minimum absolute atomic E-state index is 0.0816. The second-order valence-corrected chi connectivity index (χ2v) is 6.80. The fourth-order valence-corrected chi connectivity index (χ4v) is 5.67. The molecule has 4 rings (SSSR count). The van der Waals surface area contributed by atoms with Gasteiger partial charge in [-0.05, 0) is 42.4 Å². The largest absolute Gasteiger partial charge is 0.449 e. The van der Waals surface area contributed by atoms with Crippen LogP contribution in [0.1, 0.15) is 19.3 Å². The lowest BCUT2D eigenvalue weighted by molar-refractivity contribution is -0.216. The molecule has 6 atom stereocenters. The van der Waals surface area contributed by atoms with Crippen molar-refractivity contribution in [2.75, 3.05) is 13.2 Å². The van der Waals surface area contributed by atoms with E-state index in [-0.39, 0.29) is 18.1 Å². The molecule has 0 bridgehead atoms. The van der Waals surface area contributed by atoms with Gasteiger partial charge < -0.3 is 20.0 Å². The number of hydrogen-bond donors (Lipinski definition) is 2. The summed E-state index contributed by atoms with van der Waals surface area (Å²) in [5, 5.41) is 0. The zero-order valence-corrected chi connectivity index (χ0v) is 11.0. The van der Waals surface area contributed by atoms with E-state index in [9.17, 15) is 9.59 Å². The van der Waals surface area contributed by atoms with Crippen molar-refractivity contribution in [3.8, 4) is 0 Å². The van der Waals surface area contributed by atoms with Crippen molar-refractivity contribution in [2.24, 2.45) is 40.2 Å². The Hall–Kier alpha value is -1.34. The van der Waals surface area contributed by atoms with Crippen LogP contribution in [0.15, 0.2) is 0 Å². The first-order valence-corrected chi connectivity index (χ1v) is 6.96. The third-order valence-electron chi connectivity index (χ3n) is 6.05. The number of amides is 1. The summed E-state index contributed by atoms with van der Waals surface area (Å²) < 4.78 is 10.7. The smallest absolute Gasteiger partial charge is 0.404 e. The normalized spacial score (nSPS) is 49.2. The van der Waals surface area contributed by atoms with Crippen LogP contribution in [0, 0.1) is 28.6 Å². The molecular formula is C13H18N2O5. The van der Waals surface area contributed by atoms with Crippen LogP contribution in [0.4, 0.5) is 4.79 Å². The van der Waals surface area contributed by atoms with Gasteiger partial charge in [-0.2, -0.15) is 5.90 Å². The lowest BCUT2D eigenvalue weighted by Gasteiger charge is -2.66. The molecule has 0 saturated heterocycles. The Morgan fingerprint density at radius 2 is 2.10 bits per heavy atom. The standard InChI is InChI=1S/C13H18N2O5/c14-11(17)19-5-12-1-6-9(18-3-8(16)20-15)7-2-13(7,4-12)10(6)12/h6-7,9-10H,1-5,15H2,(H2,14,17). The Morgan fingerprint density at radius 1 is 1.30 bits per heavy atom. The number of hydrogen-bond acceptors (Lipinski definition) is 6. The highest BCUT2D eigenvalue weighted by molar-refractivity contribution is 5.70. The van der Waals surface area contributed by atoms with Crippen LogP contribution in [0.25, 0.3) is 0 Å². The summed E-state index contributed by atoms with van der Waals surface area (Å²) >= 11 is 0. The summed E-state index contributed by atoms with van der Waals surface area (Å²) in [5.41, 5.74) is 5.57. The van der Waals surface area contributed by atoms with Crippen molar-refractivity contribution >= 4 is 12.1 Å². The van der Waals surface area contributed by atoms with Crippen molar-refractivity contribution in [2.45, 2.75) is 25.4 Å². The lowest BCUT2D eigenvalue weighted by atomic mass is 9.39. The average molecular weight is 282 g/mol. The second kappa shape index (κ2) is 3.65. The summed E-state index contributed by atoms with van der Waals surface area (Å²) in [4.78, 5) is 26.0. The van der Waals surface area contributed by atoms with Crippen molar-refractivity contribution < 1.29 is 23.9 Å². The summed E-state index contributed by atoms with van der Waals surface area (Å²) in [6.45, 7) is 0.345. The highest BCUT2D eigenvalue weighted by Crippen LogP contribution is 2.90. The quantitative estimate of drug-likeness (QED) is 0.682. The van der Waals surface area contributed by atoms with Gasteiger partial charge in [0.2, 0.25) is 0 Å². The van der Waals surface area contributed by atoms with E-state index in [4.69, 9.17) is 21.1 Å². The van der Waals surface area contributed by atoms with Gasteiger partial charge in [0.05, 0.1) is 12.7 Å². The van der Waals surface area contributed by atoms with Gasteiger partial charge in [-0.15, -0.1) is 0 Å². The van der Waals surface area contributed by atoms with E-state index < -0.39 is 12.1 Å². The second-order valence-electron chi connectivity index (χ2n) is 6.80. The number of primary amides is 1. The molecule has 20 heavy (non-hydrogen) atoms. The molecule has 4 N–H and O–H groups in total. The third kappa shape index (κ3) is 1.32. The van der Waals surface area contributed by atoms with Gasteiger partial charge >= 0.3 is 12.1 Å². The van der Waals surface area contributed by atoms with E-state index in [1.807, 2.05) is 0 Å². The Morgan fingerprint density at radius 3 is 2.80 bits per heavy atom. The van der Waals surface area contributed by atoms with Gasteiger partial charge in [0.25, 0.3) is 0 Å². The third-order valence-corrected chi connectivity index (χ3v) is 6.05. The van der Waals surface area contributed by atoms with Crippen LogP contribution in [-0.2, 0) is 19.1 Å². The minimum atomic E-state index is -0.701. The Kier molecular flexibility index (Phi) is 2.26. The van der Waals surface area contributed by atoms with Gasteiger partial charge in [-0.1, -0.05) is 0 Å². The number of rotatable bonds is 5. The topological polar surface area (TPSA) is 114 Å². The van der Waals surface area contributed by atoms with Gasteiger partial charge in [-0.3, -0.25) is 0 Å². The van der Waals surface area contributed by atoms with E-state index >= 15 is 0 Å². The number of carbonyl (C=O) groups excluding carboxylic acids is 2. The molecule has 0 aliphatic heterocycles. The lowest BCUT2D eigenvalue weighted by Crippen LogP contribution is -2.63. The van der Waals surface area contributed by atoms with Crippen molar-refractivity contribution in [1.29, 1.82) is 0 Å². The first-order valence-electron chi connectivity index (χ1n) is 6.96. The fraction of sp³-hybridized carbons (Fsp3) is 0.846. The first kappa shape index (κ1) is 12.4. The summed E-state index contributed by atoms with van der Waals surface area (Å²) in [6, 6.07) is 0. The fourth-order valence-electron chi connectivity index (χ4n) is 5.67.